The van der Waals surface area contributed by atoms with Crippen molar-refractivity contribution < 1.29 is 4.74 Å². The van der Waals surface area contributed by atoms with Gasteiger partial charge in [0.1, 0.15) is 23.2 Å². The molecule has 0 aliphatic carbocycles. The van der Waals surface area contributed by atoms with Gasteiger partial charge in [0.25, 0.3) is 0 Å². The second-order valence-corrected chi connectivity index (χ2v) is 5.58. The lowest BCUT2D eigenvalue weighted by molar-refractivity contribution is 0.412. The summed E-state index contributed by atoms with van der Waals surface area (Å²) in [6.07, 6.45) is 1.79. The van der Waals surface area contributed by atoms with Crippen LogP contribution in [-0.4, -0.2) is 17.1 Å². The number of aromatic nitrogens is 2. The Bertz CT molecular complexity index is 646. The monoisotopic (exact) mass is 350 g/mol. The smallest absolute Gasteiger partial charge is 0.139 e. The van der Waals surface area contributed by atoms with E-state index >= 15 is 0 Å². The summed E-state index contributed by atoms with van der Waals surface area (Å²) in [5.41, 5.74) is 7.69. The summed E-state index contributed by atoms with van der Waals surface area (Å²) >= 11 is 3.44. The molecule has 6 heteroatoms. The first-order valence-corrected chi connectivity index (χ1v) is 7.58. The van der Waals surface area contributed by atoms with Crippen LogP contribution in [0.15, 0.2) is 22.7 Å². The van der Waals surface area contributed by atoms with Gasteiger partial charge in [0.2, 0.25) is 0 Å². The van der Waals surface area contributed by atoms with Crippen LogP contribution < -0.4 is 15.8 Å². The van der Waals surface area contributed by atoms with Crippen molar-refractivity contribution in [1.82, 2.24) is 9.97 Å². The van der Waals surface area contributed by atoms with Crippen LogP contribution in [0.5, 0.6) is 5.75 Å². The number of nitrogen functional groups attached to an aromatic ring is 1. The molecule has 21 heavy (non-hydrogen) atoms. The fourth-order valence-corrected chi connectivity index (χ4v) is 2.32. The van der Waals surface area contributed by atoms with Gasteiger partial charge in [-0.15, -0.1) is 0 Å². The Morgan fingerprint density at radius 1 is 1.33 bits per heavy atom. The number of nitrogens with two attached hydrogens (primary N) is 1. The normalized spacial score (nSPS) is 10.5. The van der Waals surface area contributed by atoms with Gasteiger partial charge in [-0.3, -0.25) is 0 Å². The van der Waals surface area contributed by atoms with Crippen molar-refractivity contribution in [3.05, 3.63) is 34.1 Å². The average Bonchev–Trinajstić information content (AvgIpc) is 2.46. The van der Waals surface area contributed by atoms with Gasteiger partial charge in [-0.1, -0.05) is 6.92 Å². The van der Waals surface area contributed by atoms with Gasteiger partial charge in [0.05, 0.1) is 11.6 Å². The number of nitrogens with one attached hydrogen (secondary N) is 1. The van der Waals surface area contributed by atoms with E-state index in [1.54, 1.807) is 7.11 Å². The number of ether oxygens (including phenoxy) is 1. The molecule has 0 radical (unpaired) electrons. The van der Waals surface area contributed by atoms with Crippen molar-refractivity contribution in [1.29, 1.82) is 0 Å². The maximum atomic E-state index is 5.96. The van der Waals surface area contributed by atoms with Crippen molar-refractivity contribution in [2.45, 2.75) is 26.7 Å². The molecular formula is C15H19BrN4O. The zero-order valence-corrected chi connectivity index (χ0v) is 14.0. The molecule has 0 aliphatic rings. The summed E-state index contributed by atoms with van der Waals surface area (Å²) in [5.74, 6) is 2.76. The van der Waals surface area contributed by atoms with E-state index in [9.17, 15) is 0 Å². The maximum absolute atomic E-state index is 5.96. The first kappa shape index (κ1) is 15.6. The van der Waals surface area contributed by atoms with E-state index in [-0.39, 0.29) is 0 Å². The van der Waals surface area contributed by atoms with Crippen LogP contribution in [0.1, 0.15) is 24.7 Å². The zero-order valence-electron chi connectivity index (χ0n) is 12.4. The van der Waals surface area contributed by atoms with Crippen LogP contribution in [0.4, 0.5) is 17.3 Å². The Balaban J connectivity index is 2.34. The molecule has 0 spiro atoms. The number of benzene rings is 1. The number of methoxy groups -OCH3 is 1. The molecule has 0 fully saturated rings. The summed E-state index contributed by atoms with van der Waals surface area (Å²) in [6.45, 7) is 4.00. The van der Waals surface area contributed by atoms with E-state index in [2.05, 4.69) is 38.1 Å². The lowest BCUT2D eigenvalue weighted by Gasteiger charge is -2.13. The lowest BCUT2D eigenvalue weighted by atomic mass is 10.2. The standard InChI is InChI=1S/C15H19BrN4O/c1-4-5-13-19-14(17)9(2)15(20-13)18-10-6-7-11(16)12(8-10)21-3/h6-8H,4-5H2,1-3H3,(H3,17,18,19,20). The highest BCUT2D eigenvalue weighted by molar-refractivity contribution is 9.10. The van der Waals surface area contributed by atoms with Gasteiger partial charge in [-0.25, -0.2) is 9.97 Å². The summed E-state index contributed by atoms with van der Waals surface area (Å²) < 4.78 is 6.20. The molecule has 3 N–H and O–H groups in total. The Hall–Kier alpha value is -1.82. The molecule has 112 valence electrons. The van der Waals surface area contributed by atoms with Gasteiger partial charge in [0, 0.05) is 23.7 Å². The zero-order chi connectivity index (χ0) is 15.4. The molecule has 2 aromatic rings. The number of hydrogen-bond acceptors (Lipinski definition) is 5. The van der Waals surface area contributed by atoms with E-state index in [0.717, 1.165) is 46.0 Å². The minimum Gasteiger partial charge on any atom is -0.495 e. The van der Waals surface area contributed by atoms with Gasteiger partial charge in [-0.05, 0) is 41.4 Å². The van der Waals surface area contributed by atoms with Gasteiger partial charge in [0.15, 0.2) is 0 Å². The Morgan fingerprint density at radius 2 is 2.10 bits per heavy atom. The Morgan fingerprint density at radius 3 is 2.76 bits per heavy atom. The van der Waals surface area contributed by atoms with Crippen LogP contribution in [0.25, 0.3) is 0 Å². The van der Waals surface area contributed by atoms with Crippen LogP contribution in [0.2, 0.25) is 0 Å². The van der Waals surface area contributed by atoms with Crippen molar-refractivity contribution in [3.8, 4) is 5.75 Å². The number of anilines is 3. The van der Waals surface area contributed by atoms with E-state index in [0.29, 0.717) is 5.82 Å². The SMILES string of the molecule is CCCc1nc(N)c(C)c(Nc2ccc(Br)c(OC)c2)n1. The third-order valence-corrected chi connectivity index (χ3v) is 3.77. The van der Waals surface area contributed by atoms with E-state index in [1.807, 2.05) is 25.1 Å². The van der Waals surface area contributed by atoms with E-state index in [1.165, 1.54) is 0 Å². The Labute approximate surface area is 133 Å². The lowest BCUT2D eigenvalue weighted by Crippen LogP contribution is -2.07. The predicted octanol–water partition coefficient (Wildman–Crippen LogP) is 3.83. The Kier molecular flexibility index (Phi) is 5.01. The molecule has 0 saturated carbocycles. The third-order valence-electron chi connectivity index (χ3n) is 3.12. The summed E-state index contributed by atoms with van der Waals surface area (Å²) in [4.78, 5) is 8.85. The molecule has 1 aromatic carbocycles. The van der Waals surface area contributed by atoms with Crippen LogP contribution in [0, 0.1) is 6.92 Å². The maximum Gasteiger partial charge on any atom is 0.139 e. The number of rotatable bonds is 5. The minimum absolute atomic E-state index is 0.514. The molecule has 0 atom stereocenters. The van der Waals surface area contributed by atoms with Crippen molar-refractivity contribution in [2.75, 3.05) is 18.2 Å². The molecule has 5 nitrogen and oxygen atoms in total. The number of halogens is 1. The molecule has 1 aromatic heterocycles. The first-order chi connectivity index (χ1) is 10.0. The summed E-state index contributed by atoms with van der Waals surface area (Å²) in [6, 6.07) is 5.78. The topological polar surface area (TPSA) is 73.1 Å². The molecule has 0 bridgehead atoms. The second kappa shape index (κ2) is 6.76. The highest BCUT2D eigenvalue weighted by Crippen LogP contribution is 2.30. The van der Waals surface area contributed by atoms with Crippen LogP contribution in [0.3, 0.4) is 0 Å². The minimum atomic E-state index is 0.514. The predicted molar refractivity (Wildman–Crippen MR) is 89.2 cm³/mol. The van der Waals surface area contributed by atoms with Gasteiger partial charge in [-0.2, -0.15) is 0 Å². The third kappa shape index (κ3) is 3.64. The number of nitrogens with zero attached hydrogens (tertiary/aromatic N) is 2. The van der Waals surface area contributed by atoms with Crippen LogP contribution >= 0.6 is 15.9 Å². The molecule has 0 amide bonds. The molecule has 2 rings (SSSR count). The second-order valence-electron chi connectivity index (χ2n) is 4.72. The fraction of sp³-hybridized carbons (Fsp3) is 0.333. The molecule has 1 heterocycles. The molecular weight excluding hydrogens is 332 g/mol. The van der Waals surface area contributed by atoms with Gasteiger partial charge >= 0.3 is 0 Å². The molecule has 0 unspecified atom stereocenters. The summed E-state index contributed by atoms with van der Waals surface area (Å²) in [5, 5.41) is 3.28. The van der Waals surface area contributed by atoms with Crippen molar-refractivity contribution in [3.63, 3.8) is 0 Å². The number of hydrogen-bond donors (Lipinski definition) is 2. The van der Waals surface area contributed by atoms with E-state index in [4.69, 9.17) is 10.5 Å². The number of aryl methyl sites for hydroxylation is 1. The largest absolute Gasteiger partial charge is 0.495 e. The molecule has 0 saturated heterocycles. The first-order valence-electron chi connectivity index (χ1n) is 6.78. The highest BCUT2D eigenvalue weighted by Gasteiger charge is 2.10. The van der Waals surface area contributed by atoms with Crippen molar-refractivity contribution >= 4 is 33.3 Å². The molecule has 0 aliphatic heterocycles. The van der Waals surface area contributed by atoms with E-state index < -0.39 is 0 Å². The highest BCUT2D eigenvalue weighted by atomic mass is 79.9. The fourth-order valence-electron chi connectivity index (χ4n) is 1.91. The average molecular weight is 351 g/mol. The quantitative estimate of drug-likeness (QED) is 0.856. The summed E-state index contributed by atoms with van der Waals surface area (Å²) in [7, 11) is 1.64. The van der Waals surface area contributed by atoms with Crippen molar-refractivity contribution in [2.24, 2.45) is 0 Å². The van der Waals surface area contributed by atoms with Gasteiger partial charge < -0.3 is 15.8 Å². The van der Waals surface area contributed by atoms with Crippen LogP contribution in [-0.2, 0) is 6.42 Å².